The molecule has 1 amide bonds. The van der Waals surface area contributed by atoms with Crippen LogP contribution >= 0.6 is 0 Å². The zero-order valence-electron chi connectivity index (χ0n) is 18.0. The van der Waals surface area contributed by atoms with Crippen LogP contribution in [-0.4, -0.2) is 43.7 Å². The van der Waals surface area contributed by atoms with Gasteiger partial charge in [0.05, 0.1) is 4.90 Å². The Hall–Kier alpha value is -2.64. The molecule has 0 saturated carbocycles. The zero-order valence-corrected chi connectivity index (χ0v) is 18.9. The summed E-state index contributed by atoms with van der Waals surface area (Å²) in [6, 6.07) is 13.7. The number of sulfonamides is 1. The molecular formula is C23H28N2O4S. The van der Waals surface area contributed by atoms with Crippen molar-refractivity contribution in [3.63, 3.8) is 0 Å². The number of carbonyl (C=O) groups is 1. The minimum absolute atomic E-state index is 0.153. The largest absolute Gasteiger partial charge is 0.461 e. The van der Waals surface area contributed by atoms with E-state index in [-0.39, 0.29) is 16.8 Å². The lowest BCUT2D eigenvalue weighted by Crippen LogP contribution is -2.33. The van der Waals surface area contributed by atoms with E-state index < -0.39 is 10.0 Å². The van der Waals surface area contributed by atoms with Gasteiger partial charge in [0.25, 0.3) is 5.91 Å². The molecule has 0 radical (unpaired) electrons. The number of hydrogen-bond acceptors (Lipinski definition) is 4. The summed E-state index contributed by atoms with van der Waals surface area (Å²) in [5.74, 6) is 0.692. The van der Waals surface area contributed by atoms with Gasteiger partial charge in [0.1, 0.15) is 11.3 Å². The van der Waals surface area contributed by atoms with E-state index in [4.69, 9.17) is 4.42 Å². The summed E-state index contributed by atoms with van der Waals surface area (Å²) in [6.45, 7) is 6.06. The number of carbonyl (C=O) groups excluding carboxylic acids is 1. The van der Waals surface area contributed by atoms with Crippen molar-refractivity contribution in [2.45, 2.75) is 44.7 Å². The molecule has 3 rings (SSSR count). The smallest absolute Gasteiger partial charge is 0.253 e. The van der Waals surface area contributed by atoms with Crippen molar-refractivity contribution in [3.8, 4) is 0 Å². The van der Waals surface area contributed by atoms with Gasteiger partial charge in [-0.3, -0.25) is 4.79 Å². The number of fused-ring (bicyclic) bond motifs is 1. The van der Waals surface area contributed by atoms with E-state index in [0.717, 1.165) is 28.7 Å². The molecule has 0 aliphatic rings. The number of benzene rings is 2. The van der Waals surface area contributed by atoms with Gasteiger partial charge in [-0.2, -0.15) is 4.31 Å². The zero-order chi connectivity index (χ0) is 22.1. The van der Waals surface area contributed by atoms with E-state index in [1.807, 2.05) is 45.0 Å². The van der Waals surface area contributed by atoms with Crippen LogP contribution in [0.1, 0.15) is 42.5 Å². The number of para-hydroxylation sites is 1. The summed E-state index contributed by atoms with van der Waals surface area (Å²) in [5, 5.41) is 1.01. The SMILES string of the molecule is CCc1oc2ccccc2c1CN(C)C(=O)c1ccc(S(=O)(=O)N(C)C(C)C)cc1. The third-order valence-corrected chi connectivity index (χ3v) is 7.40. The minimum atomic E-state index is -3.58. The molecule has 30 heavy (non-hydrogen) atoms. The first-order valence-electron chi connectivity index (χ1n) is 9.99. The number of hydrogen-bond donors (Lipinski definition) is 0. The van der Waals surface area contributed by atoms with Crippen LogP contribution in [0.2, 0.25) is 0 Å². The van der Waals surface area contributed by atoms with Gasteiger partial charge in [-0.25, -0.2) is 8.42 Å². The van der Waals surface area contributed by atoms with Crippen LogP contribution in [-0.2, 0) is 23.0 Å². The van der Waals surface area contributed by atoms with E-state index in [9.17, 15) is 13.2 Å². The molecule has 0 aliphatic heterocycles. The Morgan fingerprint density at radius 1 is 1.03 bits per heavy atom. The lowest BCUT2D eigenvalue weighted by atomic mass is 10.1. The molecule has 0 spiro atoms. The second-order valence-electron chi connectivity index (χ2n) is 7.65. The lowest BCUT2D eigenvalue weighted by Gasteiger charge is -2.21. The lowest BCUT2D eigenvalue weighted by molar-refractivity contribution is 0.0785. The second kappa shape index (κ2) is 8.62. The molecule has 0 N–H and O–H groups in total. The Kier molecular flexibility index (Phi) is 6.33. The highest BCUT2D eigenvalue weighted by Crippen LogP contribution is 2.28. The van der Waals surface area contributed by atoms with Crippen LogP contribution < -0.4 is 0 Å². The van der Waals surface area contributed by atoms with Gasteiger partial charge in [-0.1, -0.05) is 25.1 Å². The first-order chi connectivity index (χ1) is 14.2. The Labute approximate surface area is 178 Å². The van der Waals surface area contributed by atoms with Crippen LogP contribution in [0.3, 0.4) is 0 Å². The van der Waals surface area contributed by atoms with E-state index in [0.29, 0.717) is 12.1 Å². The molecule has 0 atom stereocenters. The Morgan fingerprint density at radius 2 is 1.67 bits per heavy atom. The van der Waals surface area contributed by atoms with E-state index in [2.05, 4.69) is 0 Å². The average Bonchev–Trinajstić information content (AvgIpc) is 3.10. The summed E-state index contributed by atoms with van der Waals surface area (Å²) in [4.78, 5) is 14.7. The Morgan fingerprint density at radius 3 is 2.27 bits per heavy atom. The second-order valence-corrected chi connectivity index (χ2v) is 9.65. The van der Waals surface area contributed by atoms with Crippen LogP contribution in [0.15, 0.2) is 57.8 Å². The van der Waals surface area contributed by atoms with Crippen molar-refractivity contribution in [2.24, 2.45) is 0 Å². The van der Waals surface area contributed by atoms with Crippen molar-refractivity contribution in [1.29, 1.82) is 0 Å². The van der Waals surface area contributed by atoms with Gasteiger partial charge in [0.2, 0.25) is 10.0 Å². The first kappa shape index (κ1) is 22.1. The van der Waals surface area contributed by atoms with Gasteiger partial charge in [0.15, 0.2) is 0 Å². The predicted molar refractivity (Wildman–Crippen MR) is 118 cm³/mol. The molecule has 0 bridgehead atoms. The molecule has 1 aromatic heterocycles. The fraction of sp³-hybridized carbons (Fsp3) is 0.348. The standard InChI is InChI=1S/C23H28N2O4S/c1-6-21-20(19-9-7-8-10-22(19)29-21)15-24(4)23(26)17-11-13-18(14-12-17)30(27,28)25(5)16(2)3/h7-14,16H,6,15H2,1-5H3. The molecule has 7 heteroatoms. The topological polar surface area (TPSA) is 70.8 Å². The van der Waals surface area contributed by atoms with Crippen LogP contribution in [0, 0.1) is 0 Å². The fourth-order valence-electron chi connectivity index (χ4n) is 3.35. The number of nitrogens with zero attached hydrogens (tertiary/aromatic N) is 2. The third-order valence-electron chi connectivity index (χ3n) is 5.35. The van der Waals surface area contributed by atoms with Crippen LogP contribution in [0.5, 0.6) is 0 Å². The van der Waals surface area contributed by atoms with Crippen LogP contribution in [0.25, 0.3) is 11.0 Å². The fourth-order valence-corrected chi connectivity index (χ4v) is 4.72. The highest BCUT2D eigenvalue weighted by Gasteiger charge is 2.24. The van der Waals surface area contributed by atoms with Gasteiger partial charge in [0, 0.05) is 49.6 Å². The normalized spacial score (nSPS) is 12.1. The number of rotatable bonds is 7. The van der Waals surface area contributed by atoms with Crippen molar-refractivity contribution < 1.29 is 17.6 Å². The summed E-state index contributed by atoms with van der Waals surface area (Å²) in [7, 11) is -0.293. The molecule has 0 fully saturated rings. The molecule has 160 valence electrons. The van der Waals surface area contributed by atoms with Crippen molar-refractivity contribution in [3.05, 3.63) is 65.4 Å². The van der Waals surface area contributed by atoms with E-state index in [1.54, 1.807) is 31.1 Å². The number of aryl methyl sites for hydroxylation is 1. The Bertz CT molecular complexity index is 1150. The molecule has 6 nitrogen and oxygen atoms in total. The maximum Gasteiger partial charge on any atom is 0.253 e. The third kappa shape index (κ3) is 4.13. The van der Waals surface area contributed by atoms with E-state index >= 15 is 0 Å². The van der Waals surface area contributed by atoms with Crippen molar-refractivity contribution in [1.82, 2.24) is 9.21 Å². The van der Waals surface area contributed by atoms with Gasteiger partial charge < -0.3 is 9.32 Å². The minimum Gasteiger partial charge on any atom is -0.461 e. The molecule has 3 aromatic rings. The molecule has 1 heterocycles. The highest BCUT2D eigenvalue weighted by molar-refractivity contribution is 7.89. The Balaban J connectivity index is 1.82. The van der Waals surface area contributed by atoms with Crippen molar-refractivity contribution >= 4 is 26.9 Å². The number of amides is 1. The summed E-state index contributed by atoms with van der Waals surface area (Å²) >= 11 is 0. The molecule has 0 saturated heterocycles. The number of furan rings is 1. The van der Waals surface area contributed by atoms with E-state index in [1.165, 1.54) is 16.4 Å². The van der Waals surface area contributed by atoms with Crippen molar-refractivity contribution in [2.75, 3.05) is 14.1 Å². The van der Waals surface area contributed by atoms with Gasteiger partial charge in [-0.05, 0) is 44.2 Å². The summed E-state index contributed by atoms with van der Waals surface area (Å²) in [6.07, 6.45) is 0.738. The molecule has 0 aliphatic carbocycles. The maximum absolute atomic E-state index is 12.9. The van der Waals surface area contributed by atoms with Gasteiger partial charge >= 0.3 is 0 Å². The summed E-state index contributed by atoms with van der Waals surface area (Å²) < 4.78 is 32.5. The monoisotopic (exact) mass is 428 g/mol. The maximum atomic E-state index is 12.9. The predicted octanol–water partition coefficient (Wildman–Crippen LogP) is 4.30. The molecular weight excluding hydrogens is 400 g/mol. The summed E-state index contributed by atoms with van der Waals surface area (Å²) in [5.41, 5.74) is 2.25. The molecule has 2 aromatic carbocycles. The van der Waals surface area contributed by atoms with Gasteiger partial charge in [-0.15, -0.1) is 0 Å². The quantitative estimate of drug-likeness (QED) is 0.563. The highest BCUT2D eigenvalue weighted by atomic mass is 32.2. The van der Waals surface area contributed by atoms with Crippen LogP contribution in [0.4, 0.5) is 0 Å². The first-order valence-corrected chi connectivity index (χ1v) is 11.4. The molecule has 0 unspecified atom stereocenters. The average molecular weight is 429 g/mol.